The number of rotatable bonds is 9. The normalized spacial score (nSPS) is 16.2. The molecule has 0 spiro atoms. The Balaban J connectivity index is 0.00000392. The zero-order valence-electron chi connectivity index (χ0n) is 17.7. The lowest BCUT2D eigenvalue weighted by molar-refractivity contribution is 0.275. The van der Waals surface area contributed by atoms with E-state index in [4.69, 9.17) is 9.73 Å². The third kappa shape index (κ3) is 10.5. The SMILES string of the molecule is CCNC(=NCCCN1CCCN(C)CC1)NCCOc1ccc(C)cc1.I. The summed E-state index contributed by atoms with van der Waals surface area (Å²) >= 11 is 0. The van der Waals surface area contributed by atoms with Gasteiger partial charge in [-0.3, -0.25) is 4.99 Å². The molecule has 6 nitrogen and oxygen atoms in total. The van der Waals surface area contributed by atoms with Gasteiger partial charge in [0, 0.05) is 26.2 Å². The van der Waals surface area contributed by atoms with Crippen LogP contribution in [0, 0.1) is 6.92 Å². The second kappa shape index (κ2) is 14.9. The summed E-state index contributed by atoms with van der Waals surface area (Å²) in [5.41, 5.74) is 1.24. The number of guanidine groups is 1. The Kier molecular flexibility index (Phi) is 13.3. The highest BCUT2D eigenvalue weighted by molar-refractivity contribution is 14.0. The molecule has 0 saturated carbocycles. The van der Waals surface area contributed by atoms with Crippen LogP contribution >= 0.6 is 24.0 Å². The summed E-state index contributed by atoms with van der Waals surface area (Å²) in [7, 11) is 2.21. The molecule has 0 amide bonds. The van der Waals surface area contributed by atoms with Crippen LogP contribution in [0.1, 0.15) is 25.3 Å². The molecule has 0 aromatic heterocycles. The molecule has 28 heavy (non-hydrogen) atoms. The van der Waals surface area contributed by atoms with Gasteiger partial charge in [-0.1, -0.05) is 17.7 Å². The average molecular weight is 503 g/mol. The number of benzene rings is 1. The fourth-order valence-electron chi connectivity index (χ4n) is 3.12. The van der Waals surface area contributed by atoms with Crippen molar-refractivity contribution in [1.29, 1.82) is 0 Å². The second-order valence-corrected chi connectivity index (χ2v) is 7.20. The van der Waals surface area contributed by atoms with E-state index in [2.05, 4.69) is 53.5 Å². The van der Waals surface area contributed by atoms with E-state index in [1.807, 2.05) is 12.1 Å². The van der Waals surface area contributed by atoms with Crippen LogP contribution in [0.2, 0.25) is 0 Å². The molecule has 0 bridgehead atoms. The van der Waals surface area contributed by atoms with Crippen LogP contribution in [0.15, 0.2) is 29.3 Å². The van der Waals surface area contributed by atoms with E-state index in [-0.39, 0.29) is 24.0 Å². The number of aryl methyl sites for hydroxylation is 1. The molecule has 1 heterocycles. The van der Waals surface area contributed by atoms with Crippen molar-refractivity contribution in [2.75, 3.05) is 66.0 Å². The quantitative estimate of drug-likeness (QED) is 0.235. The summed E-state index contributed by atoms with van der Waals surface area (Å²) in [5, 5.41) is 6.66. The summed E-state index contributed by atoms with van der Waals surface area (Å²) < 4.78 is 5.76. The molecule has 0 radical (unpaired) electrons. The Morgan fingerprint density at radius 2 is 1.89 bits per heavy atom. The van der Waals surface area contributed by atoms with E-state index in [1.54, 1.807) is 0 Å². The number of likely N-dealkylation sites (N-methyl/N-ethyl adjacent to an activating group) is 1. The summed E-state index contributed by atoms with van der Waals surface area (Å²) in [6, 6.07) is 8.15. The summed E-state index contributed by atoms with van der Waals surface area (Å²) in [4.78, 5) is 9.68. The Bertz CT molecular complexity index is 552. The molecular weight excluding hydrogens is 465 g/mol. The molecule has 1 fully saturated rings. The zero-order chi connectivity index (χ0) is 19.3. The van der Waals surface area contributed by atoms with Crippen molar-refractivity contribution in [1.82, 2.24) is 20.4 Å². The molecular formula is C21H38IN5O. The van der Waals surface area contributed by atoms with Gasteiger partial charge >= 0.3 is 0 Å². The minimum absolute atomic E-state index is 0. The molecule has 160 valence electrons. The predicted octanol–water partition coefficient (Wildman–Crippen LogP) is 2.57. The number of halogens is 1. The predicted molar refractivity (Wildman–Crippen MR) is 129 cm³/mol. The molecule has 2 rings (SSSR count). The van der Waals surface area contributed by atoms with Gasteiger partial charge in [-0.25, -0.2) is 0 Å². The van der Waals surface area contributed by atoms with E-state index in [9.17, 15) is 0 Å². The van der Waals surface area contributed by atoms with Gasteiger partial charge in [-0.05, 0) is 65.5 Å². The Morgan fingerprint density at radius 1 is 1.11 bits per heavy atom. The molecule has 2 N–H and O–H groups in total. The second-order valence-electron chi connectivity index (χ2n) is 7.20. The van der Waals surface area contributed by atoms with Crippen molar-refractivity contribution in [3.63, 3.8) is 0 Å². The number of nitrogens with one attached hydrogen (secondary N) is 2. The molecule has 1 aliphatic rings. The molecule has 1 aromatic carbocycles. The molecule has 1 aliphatic heterocycles. The molecule has 0 aliphatic carbocycles. The van der Waals surface area contributed by atoms with Crippen LogP contribution in [-0.2, 0) is 0 Å². The van der Waals surface area contributed by atoms with Crippen molar-refractivity contribution in [3.8, 4) is 5.75 Å². The molecule has 1 aromatic rings. The third-order valence-corrected chi connectivity index (χ3v) is 4.74. The van der Waals surface area contributed by atoms with E-state index in [0.717, 1.165) is 44.3 Å². The zero-order valence-corrected chi connectivity index (χ0v) is 20.1. The standard InChI is InChI=1S/C21H37N5O.HI/c1-4-22-21(24-12-18-27-20-9-7-19(2)8-10-20)23-11-5-14-26-15-6-13-25(3)16-17-26;/h7-10H,4-6,11-18H2,1-3H3,(H2,22,23,24);1H. The Morgan fingerprint density at radius 3 is 2.64 bits per heavy atom. The van der Waals surface area contributed by atoms with Crippen molar-refractivity contribution in [3.05, 3.63) is 29.8 Å². The van der Waals surface area contributed by atoms with Crippen molar-refractivity contribution < 1.29 is 4.74 Å². The average Bonchev–Trinajstić information content (AvgIpc) is 2.88. The molecule has 0 unspecified atom stereocenters. The number of nitrogens with zero attached hydrogens (tertiary/aromatic N) is 3. The topological polar surface area (TPSA) is 52.1 Å². The van der Waals surface area contributed by atoms with Crippen LogP contribution < -0.4 is 15.4 Å². The smallest absolute Gasteiger partial charge is 0.191 e. The monoisotopic (exact) mass is 503 g/mol. The minimum atomic E-state index is 0. The Hall–Kier alpha value is -1.06. The highest BCUT2D eigenvalue weighted by atomic mass is 127. The van der Waals surface area contributed by atoms with E-state index in [0.29, 0.717) is 6.61 Å². The van der Waals surface area contributed by atoms with Gasteiger partial charge < -0.3 is 25.2 Å². The van der Waals surface area contributed by atoms with E-state index in [1.165, 1.54) is 38.2 Å². The van der Waals surface area contributed by atoms with Gasteiger partial charge in [0.05, 0.1) is 6.54 Å². The molecule has 1 saturated heterocycles. The number of ether oxygens (including phenoxy) is 1. The largest absolute Gasteiger partial charge is 0.492 e. The Labute approximate surface area is 188 Å². The first-order valence-electron chi connectivity index (χ1n) is 10.3. The van der Waals surface area contributed by atoms with Gasteiger partial charge in [-0.15, -0.1) is 24.0 Å². The molecule has 0 atom stereocenters. The summed E-state index contributed by atoms with van der Waals surface area (Å²) in [5.74, 6) is 1.79. The van der Waals surface area contributed by atoms with Gasteiger partial charge in [0.2, 0.25) is 0 Å². The fourth-order valence-corrected chi connectivity index (χ4v) is 3.12. The lowest BCUT2D eigenvalue weighted by Gasteiger charge is -2.19. The van der Waals surface area contributed by atoms with E-state index >= 15 is 0 Å². The van der Waals surface area contributed by atoms with Crippen molar-refractivity contribution in [2.24, 2.45) is 4.99 Å². The summed E-state index contributed by atoms with van der Waals surface area (Å²) in [6.45, 7) is 13.1. The lowest BCUT2D eigenvalue weighted by Crippen LogP contribution is -2.39. The first kappa shape index (κ1) is 25.0. The van der Waals surface area contributed by atoms with Gasteiger partial charge in [0.1, 0.15) is 12.4 Å². The van der Waals surface area contributed by atoms with E-state index < -0.39 is 0 Å². The first-order valence-corrected chi connectivity index (χ1v) is 10.3. The number of aliphatic imine (C=N–C) groups is 1. The van der Waals surface area contributed by atoms with Crippen LogP contribution in [0.4, 0.5) is 0 Å². The van der Waals surface area contributed by atoms with Crippen molar-refractivity contribution in [2.45, 2.75) is 26.7 Å². The minimum Gasteiger partial charge on any atom is -0.492 e. The van der Waals surface area contributed by atoms with Gasteiger partial charge in [0.15, 0.2) is 5.96 Å². The first-order chi connectivity index (χ1) is 13.2. The van der Waals surface area contributed by atoms with Gasteiger partial charge in [0.25, 0.3) is 0 Å². The van der Waals surface area contributed by atoms with Crippen LogP contribution in [0.5, 0.6) is 5.75 Å². The highest BCUT2D eigenvalue weighted by Gasteiger charge is 2.11. The third-order valence-electron chi connectivity index (χ3n) is 4.74. The summed E-state index contributed by atoms with van der Waals surface area (Å²) in [6.07, 6.45) is 2.37. The maximum atomic E-state index is 5.76. The number of hydrogen-bond acceptors (Lipinski definition) is 4. The maximum absolute atomic E-state index is 5.76. The van der Waals surface area contributed by atoms with Crippen molar-refractivity contribution >= 4 is 29.9 Å². The fraction of sp³-hybridized carbons (Fsp3) is 0.667. The highest BCUT2D eigenvalue weighted by Crippen LogP contribution is 2.10. The molecule has 7 heteroatoms. The number of hydrogen-bond donors (Lipinski definition) is 2. The maximum Gasteiger partial charge on any atom is 0.191 e. The van der Waals surface area contributed by atoms with Crippen LogP contribution in [-0.4, -0.2) is 81.8 Å². The lowest BCUT2D eigenvalue weighted by atomic mass is 10.2. The van der Waals surface area contributed by atoms with Crippen LogP contribution in [0.3, 0.4) is 0 Å². The van der Waals surface area contributed by atoms with Crippen LogP contribution in [0.25, 0.3) is 0 Å². The van der Waals surface area contributed by atoms with Gasteiger partial charge in [-0.2, -0.15) is 0 Å².